The molecule has 0 atom stereocenters. The molecule has 1 fully saturated rings. The fourth-order valence-corrected chi connectivity index (χ4v) is 3.78. The number of piperidine rings is 1. The molecule has 0 unspecified atom stereocenters. The molecule has 0 radical (unpaired) electrons. The molecule has 0 saturated carbocycles. The van der Waals surface area contributed by atoms with Crippen LogP contribution in [0, 0.1) is 0 Å². The number of ether oxygens (including phenoxy) is 1. The molecule has 0 aliphatic carbocycles. The average Bonchev–Trinajstić information content (AvgIpc) is 2.61. The van der Waals surface area contributed by atoms with E-state index in [0.29, 0.717) is 13.1 Å². The SMILES string of the molecule is CCOc1ccc(C(N)=O)cc1S(=O)(=O)NCC(=O)N1CCCCC1. The summed E-state index contributed by atoms with van der Waals surface area (Å²) in [5.41, 5.74) is 5.26. The maximum absolute atomic E-state index is 12.6. The molecule has 0 spiro atoms. The normalized spacial score (nSPS) is 15.0. The summed E-state index contributed by atoms with van der Waals surface area (Å²) in [6, 6.07) is 3.93. The molecule has 2 rings (SSSR count). The van der Waals surface area contributed by atoms with E-state index in [1.807, 2.05) is 0 Å². The fraction of sp³-hybridized carbons (Fsp3) is 0.500. The summed E-state index contributed by atoms with van der Waals surface area (Å²) in [7, 11) is -4.03. The molecule has 2 amide bonds. The molecule has 1 aliphatic heterocycles. The van der Waals surface area contributed by atoms with E-state index < -0.39 is 15.9 Å². The number of benzene rings is 1. The van der Waals surface area contributed by atoms with E-state index in [2.05, 4.69) is 4.72 Å². The number of hydrogen-bond donors (Lipinski definition) is 2. The number of nitrogens with two attached hydrogens (primary N) is 1. The van der Waals surface area contributed by atoms with E-state index in [0.717, 1.165) is 25.3 Å². The molecule has 0 bridgehead atoms. The smallest absolute Gasteiger partial charge is 0.248 e. The standard InChI is InChI=1S/C16H23N3O5S/c1-2-24-13-7-6-12(16(17)21)10-14(13)25(22,23)18-11-15(20)19-8-4-3-5-9-19/h6-7,10,18H,2-5,8-9,11H2,1H3,(H2,17,21). The highest BCUT2D eigenvalue weighted by atomic mass is 32.2. The Morgan fingerprint density at radius 2 is 1.92 bits per heavy atom. The summed E-state index contributed by atoms with van der Waals surface area (Å²) < 4.78 is 32.8. The summed E-state index contributed by atoms with van der Waals surface area (Å²) >= 11 is 0. The van der Waals surface area contributed by atoms with Gasteiger partial charge >= 0.3 is 0 Å². The van der Waals surface area contributed by atoms with Gasteiger partial charge in [-0.2, -0.15) is 0 Å². The third-order valence-corrected chi connectivity index (χ3v) is 5.36. The number of likely N-dealkylation sites (tertiary alicyclic amines) is 1. The van der Waals surface area contributed by atoms with Gasteiger partial charge < -0.3 is 15.4 Å². The van der Waals surface area contributed by atoms with Crippen molar-refractivity contribution in [2.45, 2.75) is 31.1 Å². The van der Waals surface area contributed by atoms with Crippen molar-refractivity contribution in [3.63, 3.8) is 0 Å². The number of nitrogens with zero attached hydrogens (tertiary/aromatic N) is 1. The second-order valence-corrected chi connectivity index (χ2v) is 7.46. The van der Waals surface area contributed by atoms with Crippen LogP contribution in [-0.2, 0) is 14.8 Å². The minimum atomic E-state index is -4.03. The van der Waals surface area contributed by atoms with Gasteiger partial charge in [0.2, 0.25) is 21.8 Å². The molecule has 1 aromatic carbocycles. The highest BCUT2D eigenvalue weighted by Crippen LogP contribution is 2.25. The van der Waals surface area contributed by atoms with Crippen LogP contribution < -0.4 is 15.2 Å². The first-order chi connectivity index (χ1) is 11.8. The zero-order valence-electron chi connectivity index (χ0n) is 14.2. The van der Waals surface area contributed by atoms with Crippen molar-refractivity contribution in [2.75, 3.05) is 26.2 Å². The zero-order valence-corrected chi connectivity index (χ0v) is 15.0. The van der Waals surface area contributed by atoms with E-state index in [9.17, 15) is 18.0 Å². The van der Waals surface area contributed by atoms with Crippen LogP contribution in [-0.4, -0.2) is 51.4 Å². The lowest BCUT2D eigenvalue weighted by atomic mass is 10.1. The Labute approximate surface area is 147 Å². The molecule has 3 N–H and O–H groups in total. The van der Waals surface area contributed by atoms with E-state index in [1.54, 1.807) is 11.8 Å². The molecule has 1 heterocycles. The molecule has 25 heavy (non-hydrogen) atoms. The van der Waals surface area contributed by atoms with Crippen LogP contribution in [0.5, 0.6) is 5.75 Å². The van der Waals surface area contributed by atoms with Gasteiger partial charge in [-0.05, 0) is 44.4 Å². The fourth-order valence-electron chi connectivity index (χ4n) is 2.64. The van der Waals surface area contributed by atoms with Crippen LogP contribution in [0.25, 0.3) is 0 Å². The molecule has 138 valence electrons. The predicted octanol–water partition coefficient (Wildman–Crippen LogP) is 0.475. The molecular formula is C16H23N3O5S. The Kier molecular flexibility index (Phi) is 6.38. The molecule has 1 aliphatic rings. The predicted molar refractivity (Wildman–Crippen MR) is 91.7 cm³/mol. The maximum atomic E-state index is 12.6. The quantitative estimate of drug-likeness (QED) is 0.724. The van der Waals surface area contributed by atoms with Crippen LogP contribution >= 0.6 is 0 Å². The van der Waals surface area contributed by atoms with Gasteiger partial charge in [-0.25, -0.2) is 13.1 Å². The molecule has 9 heteroatoms. The monoisotopic (exact) mass is 369 g/mol. The van der Waals surface area contributed by atoms with E-state index in [1.165, 1.54) is 12.1 Å². The summed E-state index contributed by atoms with van der Waals surface area (Å²) in [5.74, 6) is -0.915. The topological polar surface area (TPSA) is 119 Å². The maximum Gasteiger partial charge on any atom is 0.248 e. The minimum Gasteiger partial charge on any atom is -0.492 e. The Bertz CT molecular complexity index is 742. The van der Waals surface area contributed by atoms with Crippen LogP contribution in [0.1, 0.15) is 36.5 Å². The van der Waals surface area contributed by atoms with E-state index >= 15 is 0 Å². The Morgan fingerprint density at radius 3 is 2.52 bits per heavy atom. The van der Waals surface area contributed by atoms with Crippen LogP contribution in [0.3, 0.4) is 0 Å². The van der Waals surface area contributed by atoms with Gasteiger partial charge in [0.1, 0.15) is 10.6 Å². The first-order valence-electron chi connectivity index (χ1n) is 8.19. The van der Waals surface area contributed by atoms with Gasteiger partial charge in [0.05, 0.1) is 13.2 Å². The number of sulfonamides is 1. The number of carbonyl (C=O) groups excluding carboxylic acids is 2. The highest BCUT2D eigenvalue weighted by molar-refractivity contribution is 7.89. The summed E-state index contributed by atoms with van der Waals surface area (Å²) in [4.78, 5) is 24.9. The van der Waals surface area contributed by atoms with Gasteiger partial charge in [-0.3, -0.25) is 9.59 Å². The Morgan fingerprint density at radius 1 is 1.24 bits per heavy atom. The molecule has 0 aromatic heterocycles. The highest BCUT2D eigenvalue weighted by Gasteiger charge is 2.24. The lowest BCUT2D eigenvalue weighted by Crippen LogP contribution is -2.42. The summed E-state index contributed by atoms with van der Waals surface area (Å²) in [5, 5.41) is 0. The second-order valence-electron chi connectivity index (χ2n) is 5.72. The Balaban J connectivity index is 2.18. The number of carbonyl (C=O) groups is 2. The molecule has 1 saturated heterocycles. The van der Waals surface area contributed by atoms with Crippen molar-refractivity contribution in [1.82, 2.24) is 9.62 Å². The van der Waals surface area contributed by atoms with Crippen molar-refractivity contribution in [3.8, 4) is 5.75 Å². The number of hydrogen-bond acceptors (Lipinski definition) is 5. The third kappa shape index (κ3) is 4.93. The van der Waals surface area contributed by atoms with Gasteiger partial charge in [0, 0.05) is 18.7 Å². The number of rotatable bonds is 7. The minimum absolute atomic E-state index is 0.0474. The Hall–Kier alpha value is -2.13. The number of nitrogens with one attached hydrogen (secondary N) is 1. The lowest BCUT2D eigenvalue weighted by Gasteiger charge is -2.26. The van der Waals surface area contributed by atoms with Crippen LogP contribution in [0.2, 0.25) is 0 Å². The van der Waals surface area contributed by atoms with Crippen molar-refractivity contribution in [3.05, 3.63) is 23.8 Å². The van der Waals surface area contributed by atoms with Gasteiger partial charge in [0.25, 0.3) is 0 Å². The van der Waals surface area contributed by atoms with Gasteiger partial charge in [0.15, 0.2) is 0 Å². The number of amides is 2. The van der Waals surface area contributed by atoms with Gasteiger partial charge in [-0.15, -0.1) is 0 Å². The molecule has 8 nitrogen and oxygen atoms in total. The van der Waals surface area contributed by atoms with Crippen molar-refractivity contribution < 1.29 is 22.7 Å². The van der Waals surface area contributed by atoms with Crippen molar-refractivity contribution >= 4 is 21.8 Å². The van der Waals surface area contributed by atoms with Crippen LogP contribution in [0.4, 0.5) is 0 Å². The van der Waals surface area contributed by atoms with Crippen molar-refractivity contribution in [2.24, 2.45) is 5.73 Å². The van der Waals surface area contributed by atoms with Crippen LogP contribution in [0.15, 0.2) is 23.1 Å². The average molecular weight is 369 g/mol. The summed E-state index contributed by atoms with van der Waals surface area (Å²) in [6.45, 7) is 2.91. The molecule has 1 aromatic rings. The van der Waals surface area contributed by atoms with Crippen molar-refractivity contribution in [1.29, 1.82) is 0 Å². The lowest BCUT2D eigenvalue weighted by molar-refractivity contribution is -0.130. The largest absolute Gasteiger partial charge is 0.492 e. The number of primary amides is 1. The first kappa shape index (κ1) is 19.2. The first-order valence-corrected chi connectivity index (χ1v) is 9.67. The zero-order chi connectivity index (χ0) is 18.4. The third-order valence-electron chi connectivity index (χ3n) is 3.94. The molecular weight excluding hydrogens is 346 g/mol. The van der Waals surface area contributed by atoms with E-state index in [4.69, 9.17) is 10.5 Å². The summed E-state index contributed by atoms with van der Waals surface area (Å²) in [6.07, 6.45) is 2.93. The van der Waals surface area contributed by atoms with Gasteiger partial charge in [-0.1, -0.05) is 0 Å². The van der Waals surface area contributed by atoms with E-state index in [-0.39, 0.29) is 35.3 Å². The second kappa shape index (κ2) is 8.30.